The Balaban J connectivity index is 2.60. The van der Waals surface area contributed by atoms with E-state index in [9.17, 15) is 4.79 Å². The molecule has 0 aliphatic heterocycles. The smallest absolute Gasteiger partial charge is 0.234 e. The summed E-state index contributed by atoms with van der Waals surface area (Å²) < 4.78 is 1.83. The molecule has 1 amide bonds. The van der Waals surface area contributed by atoms with E-state index in [1.807, 2.05) is 24.7 Å². The Morgan fingerprint density at radius 1 is 1.86 bits per heavy atom. The number of carbonyl (C=O) groups is 1. The molecular weight excluding hydrogens is 180 g/mol. The first-order chi connectivity index (χ1) is 6.65. The van der Waals surface area contributed by atoms with Crippen LogP contribution in [0, 0.1) is 11.3 Å². The highest BCUT2D eigenvalue weighted by Crippen LogP contribution is 2.07. The summed E-state index contributed by atoms with van der Waals surface area (Å²) in [7, 11) is 1.86. The number of aryl methyl sites for hydroxylation is 1. The molecule has 0 spiro atoms. The fourth-order valence-electron chi connectivity index (χ4n) is 1.22. The molecule has 0 fully saturated rings. The zero-order valence-electron chi connectivity index (χ0n) is 8.19. The van der Waals surface area contributed by atoms with E-state index in [2.05, 4.69) is 10.3 Å². The van der Waals surface area contributed by atoms with Gasteiger partial charge in [-0.1, -0.05) is 0 Å². The van der Waals surface area contributed by atoms with Crippen molar-refractivity contribution < 1.29 is 4.79 Å². The molecule has 1 atom stereocenters. The van der Waals surface area contributed by atoms with Crippen LogP contribution in [-0.2, 0) is 11.8 Å². The molecule has 1 unspecified atom stereocenters. The van der Waals surface area contributed by atoms with Crippen molar-refractivity contribution in [1.29, 1.82) is 5.26 Å². The number of hydrogen-bond acceptors (Lipinski definition) is 3. The average molecular weight is 192 g/mol. The minimum Gasteiger partial charge on any atom is -0.346 e. The van der Waals surface area contributed by atoms with E-state index < -0.39 is 0 Å². The molecule has 0 aromatic carbocycles. The summed E-state index contributed by atoms with van der Waals surface area (Å²) in [6.07, 6.45) is 3.36. The van der Waals surface area contributed by atoms with Crippen LogP contribution in [-0.4, -0.2) is 15.5 Å². The van der Waals surface area contributed by atoms with Crippen LogP contribution in [0.2, 0.25) is 0 Å². The van der Waals surface area contributed by atoms with Crippen molar-refractivity contribution in [2.75, 3.05) is 0 Å². The van der Waals surface area contributed by atoms with Crippen LogP contribution in [0.25, 0.3) is 0 Å². The van der Waals surface area contributed by atoms with Crippen molar-refractivity contribution in [3.8, 4) is 6.07 Å². The fraction of sp³-hybridized carbons (Fsp3) is 0.444. The highest BCUT2D eigenvalue weighted by molar-refractivity contribution is 5.78. The number of nitrogens with one attached hydrogen (secondary N) is 1. The Hall–Kier alpha value is -1.83. The number of rotatable bonds is 3. The minimum absolute atomic E-state index is 0.116. The number of imidazole rings is 1. The Bertz CT molecular complexity index is 363. The second-order valence-corrected chi connectivity index (χ2v) is 3.02. The number of nitriles is 1. The SMILES string of the molecule is CC(NC(=O)CC#N)c1nccn1C. The average Bonchev–Trinajstić information content (AvgIpc) is 2.51. The molecule has 1 heterocycles. The van der Waals surface area contributed by atoms with Gasteiger partial charge in [0.15, 0.2) is 0 Å². The predicted molar refractivity (Wildman–Crippen MR) is 50.0 cm³/mol. The van der Waals surface area contributed by atoms with Crippen molar-refractivity contribution in [3.05, 3.63) is 18.2 Å². The first-order valence-corrected chi connectivity index (χ1v) is 4.28. The minimum atomic E-state index is -0.275. The van der Waals surface area contributed by atoms with Gasteiger partial charge in [-0.15, -0.1) is 0 Å². The van der Waals surface area contributed by atoms with Gasteiger partial charge in [-0.2, -0.15) is 5.26 Å². The molecule has 1 N–H and O–H groups in total. The number of nitrogens with zero attached hydrogens (tertiary/aromatic N) is 3. The summed E-state index contributed by atoms with van der Waals surface area (Å²) in [6, 6.07) is 1.62. The molecule has 0 saturated carbocycles. The van der Waals surface area contributed by atoms with Gasteiger partial charge >= 0.3 is 0 Å². The van der Waals surface area contributed by atoms with Crippen molar-refractivity contribution in [2.45, 2.75) is 19.4 Å². The molecule has 1 aromatic heterocycles. The van der Waals surface area contributed by atoms with Gasteiger partial charge in [-0.3, -0.25) is 4.79 Å². The van der Waals surface area contributed by atoms with E-state index in [-0.39, 0.29) is 18.4 Å². The summed E-state index contributed by atoms with van der Waals surface area (Å²) in [6.45, 7) is 1.83. The van der Waals surface area contributed by atoms with Gasteiger partial charge in [-0.05, 0) is 6.92 Å². The van der Waals surface area contributed by atoms with Crippen molar-refractivity contribution in [1.82, 2.24) is 14.9 Å². The zero-order chi connectivity index (χ0) is 10.6. The van der Waals surface area contributed by atoms with Crippen LogP contribution < -0.4 is 5.32 Å². The van der Waals surface area contributed by atoms with E-state index in [0.29, 0.717) is 0 Å². The maximum absolute atomic E-state index is 11.1. The number of amides is 1. The van der Waals surface area contributed by atoms with Crippen molar-refractivity contribution >= 4 is 5.91 Å². The van der Waals surface area contributed by atoms with E-state index in [1.54, 1.807) is 12.3 Å². The predicted octanol–water partition coefficient (Wildman–Crippen LogP) is 0.511. The maximum Gasteiger partial charge on any atom is 0.234 e. The molecule has 1 aromatic rings. The Morgan fingerprint density at radius 2 is 2.57 bits per heavy atom. The lowest BCUT2D eigenvalue weighted by molar-refractivity contribution is -0.120. The van der Waals surface area contributed by atoms with Gasteiger partial charge in [0.05, 0.1) is 12.1 Å². The number of carbonyl (C=O) groups excluding carboxylic acids is 1. The summed E-state index contributed by atoms with van der Waals surface area (Å²) >= 11 is 0. The first kappa shape index (κ1) is 10.3. The van der Waals surface area contributed by atoms with Gasteiger partial charge in [0.1, 0.15) is 12.2 Å². The molecule has 0 radical (unpaired) electrons. The molecule has 14 heavy (non-hydrogen) atoms. The van der Waals surface area contributed by atoms with Crippen LogP contribution in [0.5, 0.6) is 0 Å². The van der Waals surface area contributed by atoms with Crippen LogP contribution >= 0.6 is 0 Å². The third-order valence-corrected chi connectivity index (χ3v) is 1.86. The molecule has 0 aliphatic carbocycles. The van der Waals surface area contributed by atoms with Crippen LogP contribution in [0.4, 0.5) is 0 Å². The van der Waals surface area contributed by atoms with Gasteiger partial charge < -0.3 is 9.88 Å². The Labute approximate surface area is 82.4 Å². The van der Waals surface area contributed by atoms with E-state index in [0.717, 1.165) is 5.82 Å². The highest BCUT2D eigenvalue weighted by Gasteiger charge is 2.12. The Morgan fingerprint density at radius 3 is 3.07 bits per heavy atom. The lowest BCUT2D eigenvalue weighted by atomic mass is 10.3. The van der Waals surface area contributed by atoms with Gasteiger partial charge in [-0.25, -0.2) is 4.98 Å². The third kappa shape index (κ3) is 2.33. The quantitative estimate of drug-likeness (QED) is 0.758. The molecule has 5 heteroatoms. The molecule has 74 valence electrons. The standard InChI is InChI=1S/C9H12N4O/c1-7(12-8(14)3-4-10)9-11-5-6-13(9)2/h5-7H,3H2,1-2H3,(H,12,14). The first-order valence-electron chi connectivity index (χ1n) is 4.28. The largest absolute Gasteiger partial charge is 0.346 e. The summed E-state index contributed by atoms with van der Waals surface area (Å²) in [4.78, 5) is 15.2. The van der Waals surface area contributed by atoms with Gasteiger partial charge in [0.25, 0.3) is 0 Å². The molecule has 1 rings (SSSR count). The van der Waals surface area contributed by atoms with Crippen LogP contribution in [0.15, 0.2) is 12.4 Å². The topological polar surface area (TPSA) is 70.7 Å². The molecule has 0 aliphatic rings. The van der Waals surface area contributed by atoms with Gasteiger partial charge in [0, 0.05) is 19.4 Å². The second kappa shape index (κ2) is 4.42. The number of hydrogen-bond donors (Lipinski definition) is 1. The lowest BCUT2D eigenvalue weighted by Crippen LogP contribution is -2.27. The zero-order valence-corrected chi connectivity index (χ0v) is 8.19. The number of aromatic nitrogens is 2. The lowest BCUT2D eigenvalue weighted by Gasteiger charge is -2.12. The Kier molecular flexibility index (Phi) is 3.24. The van der Waals surface area contributed by atoms with Crippen molar-refractivity contribution in [3.63, 3.8) is 0 Å². The molecule has 0 saturated heterocycles. The normalized spacial score (nSPS) is 11.8. The summed E-state index contributed by atoms with van der Waals surface area (Å²) in [5.41, 5.74) is 0. The van der Waals surface area contributed by atoms with E-state index in [4.69, 9.17) is 5.26 Å². The third-order valence-electron chi connectivity index (χ3n) is 1.86. The maximum atomic E-state index is 11.1. The summed E-state index contributed by atoms with van der Waals surface area (Å²) in [5, 5.41) is 11.0. The second-order valence-electron chi connectivity index (χ2n) is 3.02. The van der Waals surface area contributed by atoms with E-state index >= 15 is 0 Å². The summed E-state index contributed by atoms with van der Waals surface area (Å²) in [5.74, 6) is 0.499. The van der Waals surface area contributed by atoms with Crippen molar-refractivity contribution in [2.24, 2.45) is 7.05 Å². The van der Waals surface area contributed by atoms with Gasteiger partial charge in [0.2, 0.25) is 5.91 Å². The van der Waals surface area contributed by atoms with E-state index in [1.165, 1.54) is 0 Å². The van der Waals surface area contributed by atoms with Crippen LogP contribution in [0.1, 0.15) is 25.2 Å². The molecule has 0 bridgehead atoms. The van der Waals surface area contributed by atoms with Crippen LogP contribution in [0.3, 0.4) is 0 Å². The monoisotopic (exact) mass is 192 g/mol. The molecular formula is C9H12N4O. The highest BCUT2D eigenvalue weighted by atomic mass is 16.1. The molecule has 5 nitrogen and oxygen atoms in total. The fourth-order valence-corrected chi connectivity index (χ4v) is 1.22.